The molecule has 15 heavy (non-hydrogen) atoms. The molecule has 1 saturated heterocycles. The Bertz CT molecular complexity index is 342. The molecule has 0 spiro atoms. The Morgan fingerprint density at radius 1 is 1.60 bits per heavy atom. The van der Waals surface area contributed by atoms with Gasteiger partial charge in [-0.25, -0.2) is 0 Å². The van der Waals surface area contributed by atoms with Gasteiger partial charge in [0.2, 0.25) is 0 Å². The Morgan fingerprint density at radius 3 is 3.00 bits per heavy atom. The van der Waals surface area contributed by atoms with Gasteiger partial charge < -0.3 is 9.84 Å². The van der Waals surface area contributed by atoms with Gasteiger partial charge >= 0.3 is 5.97 Å². The van der Waals surface area contributed by atoms with Gasteiger partial charge in [-0.3, -0.25) is 9.89 Å². The van der Waals surface area contributed by atoms with Crippen LogP contribution in [0.1, 0.15) is 30.0 Å². The molecule has 5 nitrogen and oxygen atoms in total. The molecule has 0 bridgehead atoms. The molecule has 2 N–H and O–H groups in total. The highest BCUT2D eigenvalue weighted by atomic mass is 16.5. The molecule has 82 valence electrons. The number of H-pyrrole nitrogens is 1. The predicted molar refractivity (Wildman–Crippen MR) is 52.7 cm³/mol. The monoisotopic (exact) mass is 210 g/mol. The van der Waals surface area contributed by atoms with Crippen LogP contribution in [0.15, 0.2) is 6.20 Å². The summed E-state index contributed by atoms with van der Waals surface area (Å²) in [6.07, 6.45) is 3.53. The SMILES string of the molecule is O=C(O)Cc1cn[nH]c1C1CCOCC1. The van der Waals surface area contributed by atoms with E-state index in [0.717, 1.165) is 37.3 Å². The molecule has 0 amide bonds. The van der Waals surface area contributed by atoms with Gasteiger partial charge in [-0.15, -0.1) is 0 Å². The van der Waals surface area contributed by atoms with Crippen molar-refractivity contribution in [1.29, 1.82) is 0 Å². The van der Waals surface area contributed by atoms with Crippen molar-refractivity contribution in [1.82, 2.24) is 10.2 Å². The summed E-state index contributed by atoms with van der Waals surface area (Å²) in [5, 5.41) is 15.6. The number of rotatable bonds is 3. The molecule has 5 heteroatoms. The molecule has 0 saturated carbocycles. The maximum Gasteiger partial charge on any atom is 0.307 e. The van der Waals surface area contributed by atoms with Gasteiger partial charge in [-0.05, 0) is 12.8 Å². The van der Waals surface area contributed by atoms with Crippen LogP contribution in [-0.4, -0.2) is 34.5 Å². The zero-order chi connectivity index (χ0) is 10.7. The number of hydrogen-bond acceptors (Lipinski definition) is 3. The third-order valence-electron chi connectivity index (χ3n) is 2.72. The van der Waals surface area contributed by atoms with Crippen LogP contribution in [0.25, 0.3) is 0 Å². The lowest BCUT2D eigenvalue weighted by Gasteiger charge is -2.21. The Kier molecular flexibility index (Phi) is 3.01. The number of aliphatic carboxylic acids is 1. The van der Waals surface area contributed by atoms with E-state index in [1.807, 2.05) is 0 Å². The fourth-order valence-corrected chi connectivity index (χ4v) is 1.96. The molecule has 0 atom stereocenters. The van der Waals surface area contributed by atoms with E-state index in [1.54, 1.807) is 6.20 Å². The number of carboxylic acids is 1. The fourth-order valence-electron chi connectivity index (χ4n) is 1.96. The van der Waals surface area contributed by atoms with Crippen molar-refractivity contribution in [2.24, 2.45) is 0 Å². The number of nitrogens with zero attached hydrogens (tertiary/aromatic N) is 1. The minimum atomic E-state index is -0.815. The second kappa shape index (κ2) is 4.44. The Balaban J connectivity index is 2.12. The second-order valence-electron chi connectivity index (χ2n) is 3.77. The fraction of sp³-hybridized carbons (Fsp3) is 0.600. The minimum absolute atomic E-state index is 0.0448. The molecule has 1 aromatic heterocycles. The molecule has 2 heterocycles. The molecule has 2 rings (SSSR count). The average Bonchev–Trinajstić information content (AvgIpc) is 2.66. The maximum atomic E-state index is 10.6. The van der Waals surface area contributed by atoms with Crippen LogP contribution in [-0.2, 0) is 16.0 Å². The standard InChI is InChI=1S/C10H14N2O3/c13-9(14)5-8-6-11-12-10(8)7-1-3-15-4-2-7/h6-7H,1-5H2,(H,11,12)(H,13,14). The van der Waals surface area contributed by atoms with Crippen LogP contribution < -0.4 is 0 Å². The maximum absolute atomic E-state index is 10.6. The van der Waals surface area contributed by atoms with E-state index in [1.165, 1.54) is 0 Å². The van der Waals surface area contributed by atoms with Gasteiger partial charge in [-0.1, -0.05) is 0 Å². The smallest absolute Gasteiger partial charge is 0.307 e. The van der Waals surface area contributed by atoms with Crippen molar-refractivity contribution in [2.75, 3.05) is 13.2 Å². The van der Waals surface area contributed by atoms with Gasteiger partial charge in [0, 0.05) is 30.4 Å². The van der Waals surface area contributed by atoms with E-state index in [-0.39, 0.29) is 6.42 Å². The number of aromatic nitrogens is 2. The molecule has 0 aromatic carbocycles. The number of aromatic amines is 1. The Hall–Kier alpha value is -1.36. The number of nitrogens with one attached hydrogen (secondary N) is 1. The van der Waals surface area contributed by atoms with Crippen molar-refractivity contribution in [3.63, 3.8) is 0 Å². The highest BCUT2D eigenvalue weighted by molar-refractivity contribution is 5.70. The first-order valence-corrected chi connectivity index (χ1v) is 5.09. The van der Waals surface area contributed by atoms with Crippen molar-refractivity contribution < 1.29 is 14.6 Å². The van der Waals surface area contributed by atoms with Crippen LogP contribution >= 0.6 is 0 Å². The van der Waals surface area contributed by atoms with E-state index in [9.17, 15) is 4.79 Å². The lowest BCUT2D eigenvalue weighted by Crippen LogP contribution is -2.16. The second-order valence-corrected chi connectivity index (χ2v) is 3.77. The van der Waals surface area contributed by atoms with Crippen LogP contribution in [0.3, 0.4) is 0 Å². The molecular formula is C10H14N2O3. The van der Waals surface area contributed by atoms with Gasteiger partial charge in [0.15, 0.2) is 0 Å². The van der Waals surface area contributed by atoms with Crippen LogP contribution in [0.4, 0.5) is 0 Å². The zero-order valence-electron chi connectivity index (χ0n) is 8.40. The molecule has 0 aliphatic carbocycles. The Morgan fingerprint density at radius 2 is 2.33 bits per heavy atom. The predicted octanol–water partition coefficient (Wildman–Crippen LogP) is 0.931. The topological polar surface area (TPSA) is 75.2 Å². The summed E-state index contributed by atoms with van der Waals surface area (Å²) in [6.45, 7) is 1.49. The van der Waals surface area contributed by atoms with Gasteiger partial charge in [0.1, 0.15) is 0 Å². The third kappa shape index (κ3) is 2.36. The molecule has 1 aliphatic rings. The lowest BCUT2D eigenvalue weighted by molar-refractivity contribution is -0.136. The molecule has 1 aromatic rings. The van der Waals surface area contributed by atoms with E-state index in [2.05, 4.69) is 10.2 Å². The summed E-state index contributed by atoms with van der Waals surface area (Å²) in [7, 11) is 0. The first kappa shape index (κ1) is 10.2. The van der Waals surface area contributed by atoms with Crippen LogP contribution in [0, 0.1) is 0 Å². The molecule has 0 radical (unpaired) electrons. The van der Waals surface area contributed by atoms with E-state index in [4.69, 9.17) is 9.84 Å². The normalized spacial score (nSPS) is 17.9. The molecule has 1 aliphatic heterocycles. The lowest BCUT2D eigenvalue weighted by atomic mass is 9.93. The minimum Gasteiger partial charge on any atom is -0.481 e. The van der Waals surface area contributed by atoms with E-state index >= 15 is 0 Å². The van der Waals surface area contributed by atoms with E-state index in [0.29, 0.717) is 5.92 Å². The van der Waals surface area contributed by atoms with Gasteiger partial charge in [-0.2, -0.15) is 5.10 Å². The van der Waals surface area contributed by atoms with Gasteiger partial charge in [0.05, 0.1) is 12.6 Å². The summed E-state index contributed by atoms with van der Waals surface area (Å²) in [5.74, 6) is -0.444. The number of carbonyl (C=O) groups is 1. The third-order valence-corrected chi connectivity index (χ3v) is 2.72. The summed E-state index contributed by atoms with van der Waals surface area (Å²) in [4.78, 5) is 10.6. The van der Waals surface area contributed by atoms with Crippen LogP contribution in [0.5, 0.6) is 0 Å². The first-order chi connectivity index (χ1) is 7.27. The van der Waals surface area contributed by atoms with Crippen molar-refractivity contribution in [3.05, 3.63) is 17.5 Å². The largest absolute Gasteiger partial charge is 0.481 e. The first-order valence-electron chi connectivity index (χ1n) is 5.09. The quantitative estimate of drug-likeness (QED) is 0.778. The van der Waals surface area contributed by atoms with Crippen LogP contribution in [0.2, 0.25) is 0 Å². The summed E-state index contributed by atoms with van der Waals surface area (Å²) in [5.41, 5.74) is 1.77. The van der Waals surface area contributed by atoms with E-state index < -0.39 is 5.97 Å². The number of carboxylic acid groups (broad SMARTS) is 1. The summed E-state index contributed by atoms with van der Waals surface area (Å²) in [6, 6.07) is 0. The highest BCUT2D eigenvalue weighted by Crippen LogP contribution is 2.27. The van der Waals surface area contributed by atoms with Gasteiger partial charge in [0.25, 0.3) is 0 Å². The molecule has 0 unspecified atom stereocenters. The van der Waals surface area contributed by atoms with Crippen molar-refractivity contribution in [3.8, 4) is 0 Å². The molecule has 1 fully saturated rings. The average molecular weight is 210 g/mol. The van der Waals surface area contributed by atoms with Crippen molar-refractivity contribution >= 4 is 5.97 Å². The summed E-state index contributed by atoms with van der Waals surface area (Å²) < 4.78 is 5.27. The molecular weight excluding hydrogens is 196 g/mol. The van der Waals surface area contributed by atoms with Crippen molar-refractivity contribution in [2.45, 2.75) is 25.2 Å². The highest BCUT2D eigenvalue weighted by Gasteiger charge is 2.21. The summed E-state index contributed by atoms with van der Waals surface area (Å²) >= 11 is 0. The number of hydrogen-bond donors (Lipinski definition) is 2. The number of ether oxygens (including phenoxy) is 1. The Labute approximate surface area is 87.4 Å². The zero-order valence-corrected chi connectivity index (χ0v) is 8.40.